The van der Waals surface area contributed by atoms with E-state index in [9.17, 15) is 9.59 Å². The van der Waals surface area contributed by atoms with Gasteiger partial charge in [-0.2, -0.15) is 0 Å². The van der Waals surface area contributed by atoms with Gasteiger partial charge >= 0.3 is 0 Å². The third-order valence-corrected chi connectivity index (χ3v) is 6.96. The second kappa shape index (κ2) is 10.5. The lowest BCUT2D eigenvalue weighted by Crippen LogP contribution is -2.33. The molecule has 0 unspecified atom stereocenters. The minimum absolute atomic E-state index is 0.0235. The van der Waals surface area contributed by atoms with Crippen molar-refractivity contribution < 1.29 is 9.59 Å². The van der Waals surface area contributed by atoms with E-state index in [4.69, 9.17) is 0 Å². The van der Waals surface area contributed by atoms with E-state index in [0.29, 0.717) is 17.9 Å². The summed E-state index contributed by atoms with van der Waals surface area (Å²) in [6.45, 7) is 2.63. The Morgan fingerprint density at radius 1 is 0.969 bits per heavy atom. The number of amides is 2. The fourth-order valence-electron chi connectivity index (χ4n) is 3.89. The van der Waals surface area contributed by atoms with Crippen LogP contribution in [0, 0.1) is 0 Å². The number of benzene rings is 3. The Bertz CT molecular complexity index is 1040. The number of carbonyl (C=O) groups is 2. The largest absolute Gasteiger partial charge is 0.350 e. The summed E-state index contributed by atoms with van der Waals surface area (Å²) in [5, 5.41) is 3.07. The van der Waals surface area contributed by atoms with Crippen LogP contribution in [0.2, 0.25) is 0 Å². The number of hydrogen-bond acceptors (Lipinski definition) is 3. The van der Waals surface area contributed by atoms with E-state index < -0.39 is 0 Å². The highest BCUT2D eigenvalue weighted by Gasteiger charge is 2.32. The van der Waals surface area contributed by atoms with Crippen LogP contribution in [0.15, 0.2) is 84.9 Å². The Hall–Kier alpha value is -3.05. The van der Waals surface area contributed by atoms with Crippen LogP contribution in [0.25, 0.3) is 0 Å². The van der Waals surface area contributed by atoms with E-state index in [2.05, 4.69) is 17.4 Å². The van der Waals surface area contributed by atoms with Crippen molar-refractivity contribution in [2.45, 2.75) is 37.7 Å². The maximum absolute atomic E-state index is 12.7. The first-order valence-electron chi connectivity index (χ1n) is 11.0. The van der Waals surface area contributed by atoms with Crippen molar-refractivity contribution in [2.24, 2.45) is 0 Å². The van der Waals surface area contributed by atoms with E-state index in [0.717, 1.165) is 24.0 Å². The second-order valence-corrected chi connectivity index (χ2v) is 9.26. The summed E-state index contributed by atoms with van der Waals surface area (Å²) in [4.78, 5) is 27.1. The van der Waals surface area contributed by atoms with Crippen molar-refractivity contribution in [1.82, 2.24) is 10.2 Å². The number of nitrogens with one attached hydrogen (secondary N) is 1. The first kappa shape index (κ1) is 22.2. The third kappa shape index (κ3) is 5.60. The second-order valence-electron chi connectivity index (χ2n) is 8.19. The van der Waals surface area contributed by atoms with E-state index in [1.165, 1.54) is 5.56 Å². The Morgan fingerprint density at radius 3 is 2.25 bits per heavy atom. The van der Waals surface area contributed by atoms with E-state index in [-0.39, 0.29) is 23.2 Å². The van der Waals surface area contributed by atoms with Crippen LogP contribution in [0.5, 0.6) is 0 Å². The lowest BCUT2D eigenvalue weighted by molar-refractivity contribution is -0.128. The van der Waals surface area contributed by atoms with Gasteiger partial charge in [-0.3, -0.25) is 9.59 Å². The Kier molecular flexibility index (Phi) is 7.28. The average Bonchev–Trinajstić information content (AvgIpc) is 3.19. The Balaban J connectivity index is 1.35. The smallest absolute Gasteiger partial charge is 0.251 e. The van der Waals surface area contributed by atoms with Crippen molar-refractivity contribution in [3.8, 4) is 0 Å². The average molecular weight is 445 g/mol. The molecule has 3 aromatic rings. The predicted molar refractivity (Wildman–Crippen MR) is 130 cm³/mol. The van der Waals surface area contributed by atoms with E-state index in [1.807, 2.05) is 84.6 Å². The van der Waals surface area contributed by atoms with Gasteiger partial charge in [-0.1, -0.05) is 72.8 Å². The van der Waals surface area contributed by atoms with Crippen molar-refractivity contribution >= 4 is 23.6 Å². The number of carbonyl (C=O) groups excluding carboxylic acids is 2. The number of aryl methyl sites for hydroxylation is 1. The number of nitrogens with zero attached hydrogens (tertiary/aromatic N) is 1. The molecule has 0 bridgehead atoms. The van der Waals surface area contributed by atoms with Gasteiger partial charge in [-0.25, -0.2) is 0 Å². The molecule has 0 saturated carbocycles. The van der Waals surface area contributed by atoms with Gasteiger partial charge in [-0.05, 0) is 48.6 Å². The topological polar surface area (TPSA) is 49.4 Å². The molecule has 0 radical (unpaired) electrons. The maximum Gasteiger partial charge on any atom is 0.251 e. The monoisotopic (exact) mass is 444 g/mol. The van der Waals surface area contributed by atoms with Crippen molar-refractivity contribution in [3.63, 3.8) is 0 Å². The molecule has 32 heavy (non-hydrogen) atoms. The quantitative estimate of drug-likeness (QED) is 0.519. The van der Waals surface area contributed by atoms with Crippen LogP contribution in [0.1, 0.15) is 45.8 Å². The van der Waals surface area contributed by atoms with Gasteiger partial charge in [0, 0.05) is 18.2 Å². The molecule has 1 fully saturated rings. The fourth-order valence-corrected chi connectivity index (χ4v) is 5.08. The Morgan fingerprint density at radius 2 is 1.59 bits per heavy atom. The molecule has 5 heteroatoms. The molecule has 2 amide bonds. The molecule has 4 rings (SSSR count). The number of thioether (sulfide) groups is 1. The molecule has 0 aromatic heterocycles. The van der Waals surface area contributed by atoms with Gasteiger partial charge in [0.15, 0.2) is 0 Å². The van der Waals surface area contributed by atoms with Gasteiger partial charge in [0.25, 0.3) is 5.91 Å². The SMILES string of the molecule is C[C@@H](CCc1ccccc1)NC(=O)c1ccc([C@@H]2SCC(=O)N2Cc2ccccc2)cc1. The first-order chi connectivity index (χ1) is 15.6. The molecular formula is C27H28N2O2S. The lowest BCUT2D eigenvalue weighted by atomic mass is 10.1. The first-order valence-corrected chi connectivity index (χ1v) is 12.0. The summed E-state index contributed by atoms with van der Waals surface area (Å²) in [6.07, 6.45) is 1.83. The molecule has 1 saturated heterocycles. The summed E-state index contributed by atoms with van der Waals surface area (Å²) in [7, 11) is 0. The zero-order valence-corrected chi connectivity index (χ0v) is 19.1. The van der Waals surface area contributed by atoms with Crippen molar-refractivity contribution in [2.75, 3.05) is 5.75 Å². The highest BCUT2D eigenvalue weighted by molar-refractivity contribution is 8.00. The van der Waals surface area contributed by atoms with Crippen molar-refractivity contribution in [3.05, 3.63) is 107 Å². The highest BCUT2D eigenvalue weighted by atomic mass is 32.2. The van der Waals surface area contributed by atoms with Gasteiger partial charge in [-0.15, -0.1) is 11.8 Å². The summed E-state index contributed by atoms with van der Waals surface area (Å²) < 4.78 is 0. The van der Waals surface area contributed by atoms with Crippen molar-refractivity contribution in [1.29, 1.82) is 0 Å². The molecule has 164 valence electrons. The summed E-state index contributed by atoms with van der Waals surface area (Å²) in [5.41, 5.74) is 4.09. The number of hydrogen-bond donors (Lipinski definition) is 1. The zero-order chi connectivity index (χ0) is 22.3. The lowest BCUT2D eigenvalue weighted by Gasteiger charge is -2.24. The third-order valence-electron chi connectivity index (χ3n) is 5.71. The molecule has 1 N–H and O–H groups in total. The summed E-state index contributed by atoms with van der Waals surface area (Å²) in [5.74, 6) is 0.574. The van der Waals surface area contributed by atoms with Crippen LogP contribution >= 0.6 is 11.8 Å². The fraction of sp³-hybridized carbons (Fsp3) is 0.259. The van der Waals surface area contributed by atoms with Gasteiger partial charge in [0.1, 0.15) is 5.37 Å². The van der Waals surface area contributed by atoms with Crippen LogP contribution in [-0.4, -0.2) is 28.5 Å². The molecule has 1 aliphatic heterocycles. The summed E-state index contributed by atoms with van der Waals surface area (Å²) in [6, 6.07) is 28.1. The van der Waals surface area contributed by atoms with Gasteiger partial charge in [0.2, 0.25) is 5.91 Å². The van der Waals surface area contributed by atoms with Crippen LogP contribution in [0.3, 0.4) is 0 Å². The minimum Gasteiger partial charge on any atom is -0.350 e. The molecule has 3 aromatic carbocycles. The molecule has 2 atom stereocenters. The van der Waals surface area contributed by atoms with E-state index in [1.54, 1.807) is 11.8 Å². The standard InChI is InChI=1S/C27H28N2O2S/c1-20(12-13-21-8-4-2-5-9-21)28-26(31)23-14-16-24(17-15-23)27-29(25(30)19-32-27)18-22-10-6-3-7-11-22/h2-11,14-17,20,27H,12-13,18-19H2,1H3,(H,28,31)/t20-,27-/m0/s1. The highest BCUT2D eigenvalue weighted by Crippen LogP contribution is 2.39. The van der Waals surface area contributed by atoms with Crippen LogP contribution < -0.4 is 5.32 Å². The van der Waals surface area contributed by atoms with Gasteiger partial charge in [0.05, 0.1) is 5.75 Å². The molecule has 1 heterocycles. The molecule has 4 nitrogen and oxygen atoms in total. The predicted octanol–water partition coefficient (Wildman–Crippen LogP) is 5.21. The maximum atomic E-state index is 12.7. The summed E-state index contributed by atoms with van der Waals surface area (Å²) >= 11 is 1.64. The molecule has 0 spiro atoms. The van der Waals surface area contributed by atoms with Crippen LogP contribution in [-0.2, 0) is 17.8 Å². The normalized spacial score (nSPS) is 16.7. The minimum atomic E-state index is -0.0617. The Labute approximate surface area is 194 Å². The zero-order valence-electron chi connectivity index (χ0n) is 18.2. The van der Waals surface area contributed by atoms with Gasteiger partial charge < -0.3 is 10.2 Å². The number of rotatable bonds is 8. The molecule has 0 aliphatic carbocycles. The molecular weight excluding hydrogens is 416 g/mol. The van der Waals surface area contributed by atoms with Crippen LogP contribution in [0.4, 0.5) is 0 Å². The molecule has 1 aliphatic rings. The van der Waals surface area contributed by atoms with E-state index >= 15 is 0 Å².